The summed E-state index contributed by atoms with van der Waals surface area (Å²) < 4.78 is 28.9. The number of ketones is 1. The summed E-state index contributed by atoms with van der Waals surface area (Å²) in [6, 6.07) is 12.3. The molecule has 2 N–H and O–H groups in total. The Morgan fingerprint density at radius 3 is 2.43 bits per heavy atom. The molecular formula is C21H20N4O4S. The van der Waals surface area contributed by atoms with E-state index in [4.69, 9.17) is 0 Å². The molecule has 8 nitrogen and oxygen atoms in total. The zero-order valence-electron chi connectivity index (χ0n) is 16.2. The van der Waals surface area contributed by atoms with Crippen molar-refractivity contribution in [3.63, 3.8) is 0 Å². The van der Waals surface area contributed by atoms with Gasteiger partial charge in [0.1, 0.15) is 0 Å². The highest BCUT2D eigenvalue weighted by atomic mass is 32.2. The van der Waals surface area contributed by atoms with E-state index in [1.807, 2.05) is 0 Å². The van der Waals surface area contributed by atoms with Crippen molar-refractivity contribution in [2.75, 3.05) is 5.32 Å². The van der Waals surface area contributed by atoms with Crippen LogP contribution in [0.25, 0.3) is 0 Å². The van der Waals surface area contributed by atoms with E-state index in [0.29, 0.717) is 17.1 Å². The van der Waals surface area contributed by atoms with Gasteiger partial charge in [-0.05, 0) is 55.3 Å². The van der Waals surface area contributed by atoms with Gasteiger partial charge in [-0.2, -0.15) is 0 Å². The van der Waals surface area contributed by atoms with E-state index < -0.39 is 15.9 Å². The molecule has 1 aliphatic rings. The van der Waals surface area contributed by atoms with Crippen LogP contribution in [0.5, 0.6) is 0 Å². The maximum Gasteiger partial charge on any atom is 0.255 e. The maximum atomic E-state index is 12.6. The first-order valence-corrected chi connectivity index (χ1v) is 10.9. The number of carbonyl (C=O) groups excluding carboxylic acids is 2. The highest BCUT2D eigenvalue weighted by molar-refractivity contribution is 7.89. The molecule has 1 saturated carbocycles. The predicted octanol–water partition coefficient (Wildman–Crippen LogP) is 2.34. The molecule has 0 bridgehead atoms. The zero-order chi connectivity index (χ0) is 21.3. The molecule has 2 aromatic carbocycles. The van der Waals surface area contributed by atoms with Gasteiger partial charge in [-0.3, -0.25) is 9.59 Å². The van der Waals surface area contributed by atoms with Gasteiger partial charge in [0.15, 0.2) is 5.82 Å². The quantitative estimate of drug-likeness (QED) is 0.566. The van der Waals surface area contributed by atoms with Crippen LogP contribution in [0.2, 0.25) is 0 Å². The lowest BCUT2D eigenvalue weighted by molar-refractivity contribution is 0.102. The fourth-order valence-corrected chi connectivity index (χ4v) is 4.27. The third-order valence-electron chi connectivity index (χ3n) is 4.73. The number of nitrogens with zero attached hydrogens (tertiary/aromatic N) is 2. The van der Waals surface area contributed by atoms with E-state index in [2.05, 4.69) is 15.0 Å². The van der Waals surface area contributed by atoms with Gasteiger partial charge in [0, 0.05) is 42.3 Å². The monoisotopic (exact) mass is 424 g/mol. The first kappa shape index (κ1) is 20.0. The summed E-state index contributed by atoms with van der Waals surface area (Å²) >= 11 is 0. The minimum Gasteiger partial charge on any atom is -0.331 e. The Morgan fingerprint density at radius 1 is 1.07 bits per heavy atom. The molecule has 30 heavy (non-hydrogen) atoms. The van der Waals surface area contributed by atoms with Crippen LogP contribution in [0.3, 0.4) is 0 Å². The Kier molecular flexibility index (Phi) is 5.23. The molecule has 0 atom stereocenters. The van der Waals surface area contributed by atoms with Gasteiger partial charge in [0.05, 0.1) is 4.90 Å². The van der Waals surface area contributed by atoms with Gasteiger partial charge in [-0.25, -0.2) is 18.1 Å². The molecule has 4 rings (SSSR count). The molecule has 0 unspecified atom stereocenters. The number of nitrogens with one attached hydrogen (secondary N) is 2. The molecule has 1 heterocycles. The minimum atomic E-state index is -3.64. The molecule has 0 aliphatic heterocycles. The average molecular weight is 424 g/mol. The molecule has 9 heteroatoms. The van der Waals surface area contributed by atoms with E-state index in [1.165, 1.54) is 18.2 Å². The van der Waals surface area contributed by atoms with E-state index in [-0.39, 0.29) is 22.3 Å². The van der Waals surface area contributed by atoms with Crippen LogP contribution in [0.15, 0.2) is 65.8 Å². The number of hydrogen-bond donors (Lipinski definition) is 2. The van der Waals surface area contributed by atoms with Crippen molar-refractivity contribution < 1.29 is 18.0 Å². The highest BCUT2D eigenvalue weighted by Gasteiger charge is 2.28. The largest absolute Gasteiger partial charge is 0.331 e. The van der Waals surface area contributed by atoms with Gasteiger partial charge >= 0.3 is 0 Å². The van der Waals surface area contributed by atoms with Crippen LogP contribution in [0.1, 0.15) is 39.4 Å². The third-order valence-corrected chi connectivity index (χ3v) is 6.25. The van der Waals surface area contributed by atoms with Gasteiger partial charge in [-0.1, -0.05) is 6.07 Å². The molecule has 1 aromatic heterocycles. The summed E-state index contributed by atoms with van der Waals surface area (Å²) in [7, 11) is -1.90. The van der Waals surface area contributed by atoms with Gasteiger partial charge in [-0.15, -0.1) is 0 Å². The number of amides is 1. The minimum absolute atomic E-state index is 0.0144. The fourth-order valence-electron chi connectivity index (χ4n) is 2.91. The molecule has 1 amide bonds. The molecule has 1 aliphatic carbocycles. The normalized spacial score (nSPS) is 13.8. The summed E-state index contributed by atoms with van der Waals surface area (Å²) in [6.45, 7) is 0. The lowest BCUT2D eigenvalue weighted by atomic mass is 10.1. The number of imidazole rings is 1. The van der Waals surface area contributed by atoms with Gasteiger partial charge in [0.2, 0.25) is 15.8 Å². The number of aromatic nitrogens is 2. The van der Waals surface area contributed by atoms with Crippen molar-refractivity contribution in [2.24, 2.45) is 7.05 Å². The van der Waals surface area contributed by atoms with E-state index in [0.717, 1.165) is 12.8 Å². The summed E-state index contributed by atoms with van der Waals surface area (Å²) in [6.07, 6.45) is 4.91. The van der Waals surface area contributed by atoms with Crippen molar-refractivity contribution in [1.82, 2.24) is 14.3 Å². The summed E-state index contributed by atoms with van der Waals surface area (Å²) in [5.41, 5.74) is 1.16. The number of sulfonamides is 1. The Hall–Kier alpha value is -3.30. The number of carbonyl (C=O) groups is 2. The van der Waals surface area contributed by atoms with Crippen LogP contribution in [0.4, 0.5) is 5.69 Å². The van der Waals surface area contributed by atoms with E-state index in [9.17, 15) is 18.0 Å². The van der Waals surface area contributed by atoms with E-state index >= 15 is 0 Å². The Labute approximate surface area is 174 Å². The predicted molar refractivity (Wildman–Crippen MR) is 111 cm³/mol. The van der Waals surface area contributed by atoms with Crippen LogP contribution in [-0.4, -0.2) is 35.7 Å². The second-order valence-corrected chi connectivity index (χ2v) is 8.86. The molecule has 154 valence electrons. The lowest BCUT2D eigenvalue weighted by Gasteiger charge is -2.09. The van der Waals surface area contributed by atoms with Crippen molar-refractivity contribution in [2.45, 2.75) is 23.8 Å². The average Bonchev–Trinajstić information content (AvgIpc) is 3.44. The maximum absolute atomic E-state index is 12.6. The van der Waals surface area contributed by atoms with Gasteiger partial charge < -0.3 is 9.88 Å². The van der Waals surface area contributed by atoms with Gasteiger partial charge in [0.25, 0.3) is 5.91 Å². The lowest BCUT2D eigenvalue weighted by Crippen LogP contribution is -2.26. The molecule has 0 saturated heterocycles. The van der Waals surface area contributed by atoms with Crippen molar-refractivity contribution in [1.29, 1.82) is 0 Å². The number of benzene rings is 2. The summed E-state index contributed by atoms with van der Waals surface area (Å²) in [5, 5.41) is 2.72. The summed E-state index contributed by atoms with van der Waals surface area (Å²) in [5.74, 6) is -0.340. The summed E-state index contributed by atoms with van der Waals surface area (Å²) in [4.78, 5) is 29.1. The number of anilines is 1. The van der Waals surface area contributed by atoms with Crippen LogP contribution < -0.4 is 10.0 Å². The van der Waals surface area contributed by atoms with Crippen molar-refractivity contribution in [3.05, 3.63) is 77.9 Å². The topological polar surface area (TPSA) is 110 Å². The highest BCUT2D eigenvalue weighted by Crippen LogP contribution is 2.23. The van der Waals surface area contributed by atoms with E-state index in [1.54, 1.807) is 54.3 Å². The first-order valence-electron chi connectivity index (χ1n) is 9.39. The SMILES string of the molecule is Cn1ccnc1C(=O)c1ccc(NC(=O)c2cccc(S(=O)(=O)NC3CC3)c2)cc1. The number of rotatable bonds is 7. The third kappa shape index (κ3) is 4.32. The molecule has 0 spiro atoms. The first-order chi connectivity index (χ1) is 14.3. The fraction of sp³-hybridized carbons (Fsp3) is 0.190. The van der Waals surface area contributed by atoms with Crippen LogP contribution in [-0.2, 0) is 17.1 Å². The Morgan fingerprint density at radius 2 is 1.80 bits per heavy atom. The second kappa shape index (κ2) is 7.85. The molecule has 1 fully saturated rings. The molecule has 3 aromatic rings. The Balaban J connectivity index is 1.47. The van der Waals surface area contributed by atoms with Crippen LogP contribution >= 0.6 is 0 Å². The zero-order valence-corrected chi connectivity index (χ0v) is 17.0. The smallest absolute Gasteiger partial charge is 0.255 e. The number of hydrogen-bond acceptors (Lipinski definition) is 5. The van der Waals surface area contributed by atoms with Crippen molar-refractivity contribution in [3.8, 4) is 0 Å². The Bertz CT molecular complexity index is 1210. The standard InChI is InChI=1S/C21H20N4O4S/c1-25-12-11-22-20(25)19(26)14-5-7-16(8-6-14)23-21(27)15-3-2-4-18(13-15)30(28,29)24-17-9-10-17/h2-8,11-13,17,24H,9-10H2,1H3,(H,23,27). The molecule has 0 radical (unpaired) electrons. The van der Waals surface area contributed by atoms with Crippen molar-refractivity contribution >= 4 is 27.4 Å². The number of aryl methyl sites for hydroxylation is 1. The molecular weight excluding hydrogens is 404 g/mol. The van der Waals surface area contributed by atoms with Crippen LogP contribution in [0, 0.1) is 0 Å². The second-order valence-electron chi connectivity index (χ2n) is 7.15.